The standard InChI is InChI=1S/C11H12Cl2FN.ClH/c1-2-3-4-9(15)10-7(12)5-6-8(13)11(10)14;/h2,5-6,9H,1,3-4,15H2;1H/t9-;/m0./s1. The van der Waals surface area contributed by atoms with Crippen molar-refractivity contribution in [1.29, 1.82) is 0 Å². The van der Waals surface area contributed by atoms with Crippen LogP contribution in [0.4, 0.5) is 4.39 Å². The zero-order valence-corrected chi connectivity index (χ0v) is 10.9. The summed E-state index contributed by atoms with van der Waals surface area (Å²) >= 11 is 11.5. The number of hydrogen-bond acceptors (Lipinski definition) is 1. The summed E-state index contributed by atoms with van der Waals surface area (Å²) in [5, 5.41) is 0.358. The molecular formula is C11H13Cl3FN. The molecule has 0 aliphatic carbocycles. The first-order valence-electron chi connectivity index (χ1n) is 4.57. The average Bonchev–Trinajstić information content (AvgIpc) is 2.21. The Morgan fingerprint density at radius 1 is 1.38 bits per heavy atom. The highest BCUT2D eigenvalue weighted by molar-refractivity contribution is 6.33. The van der Waals surface area contributed by atoms with Gasteiger partial charge in [-0.3, -0.25) is 0 Å². The third-order valence-corrected chi connectivity index (χ3v) is 2.75. The molecule has 0 heterocycles. The fourth-order valence-corrected chi connectivity index (χ4v) is 1.78. The van der Waals surface area contributed by atoms with Gasteiger partial charge in [-0.25, -0.2) is 4.39 Å². The van der Waals surface area contributed by atoms with Crippen LogP contribution in [0.1, 0.15) is 24.4 Å². The van der Waals surface area contributed by atoms with Gasteiger partial charge >= 0.3 is 0 Å². The van der Waals surface area contributed by atoms with E-state index in [2.05, 4.69) is 6.58 Å². The molecule has 0 saturated heterocycles. The number of halogens is 4. The lowest BCUT2D eigenvalue weighted by atomic mass is 10.0. The van der Waals surface area contributed by atoms with Crippen molar-refractivity contribution in [3.63, 3.8) is 0 Å². The molecule has 16 heavy (non-hydrogen) atoms. The lowest BCUT2D eigenvalue weighted by Crippen LogP contribution is -2.12. The van der Waals surface area contributed by atoms with Gasteiger partial charge in [0.2, 0.25) is 0 Å². The molecule has 0 unspecified atom stereocenters. The molecule has 0 saturated carbocycles. The van der Waals surface area contributed by atoms with Crippen molar-refractivity contribution in [2.45, 2.75) is 18.9 Å². The molecular weight excluding hydrogens is 271 g/mol. The summed E-state index contributed by atoms with van der Waals surface area (Å²) in [5.41, 5.74) is 6.10. The third-order valence-electron chi connectivity index (χ3n) is 2.13. The molecule has 5 heteroatoms. The van der Waals surface area contributed by atoms with E-state index in [1.807, 2.05) is 0 Å². The molecule has 2 N–H and O–H groups in total. The predicted octanol–water partition coefficient (Wildman–Crippen LogP) is 4.52. The van der Waals surface area contributed by atoms with E-state index in [0.29, 0.717) is 17.9 Å². The van der Waals surface area contributed by atoms with Gasteiger partial charge in [-0.1, -0.05) is 29.3 Å². The van der Waals surface area contributed by atoms with Crippen LogP contribution in [-0.2, 0) is 0 Å². The average molecular weight is 285 g/mol. The highest BCUT2D eigenvalue weighted by Crippen LogP contribution is 2.31. The van der Waals surface area contributed by atoms with Crippen LogP contribution in [-0.4, -0.2) is 0 Å². The van der Waals surface area contributed by atoms with Gasteiger partial charge in [0.15, 0.2) is 0 Å². The van der Waals surface area contributed by atoms with Crippen molar-refractivity contribution in [2.24, 2.45) is 5.73 Å². The van der Waals surface area contributed by atoms with Crippen LogP contribution in [0.15, 0.2) is 24.8 Å². The maximum atomic E-state index is 13.6. The van der Waals surface area contributed by atoms with Crippen molar-refractivity contribution >= 4 is 35.6 Å². The molecule has 1 aromatic rings. The molecule has 0 amide bonds. The smallest absolute Gasteiger partial charge is 0.148 e. The maximum Gasteiger partial charge on any atom is 0.148 e. The Morgan fingerprint density at radius 2 is 1.94 bits per heavy atom. The summed E-state index contributed by atoms with van der Waals surface area (Å²) in [6.45, 7) is 3.58. The first kappa shape index (κ1) is 15.7. The fourth-order valence-electron chi connectivity index (χ4n) is 1.32. The zero-order chi connectivity index (χ0) is 11.4. The fraction of sp³-hybridized carbons (Fsp3) is 0.273. The Kier molecular flexibility index (Phi) is 7.00. The number of allylic oxidation sites excluding steroid dienone is 1. The molecule has 1 rings (SSSR count). The van der Waals surface area contributed by atoms with Crippen LogP contribution >= 0.6 is 35.6 Å². The molecule has 90 valence electrons. The van der Waals surface area contributed by atoms with Crippen LogP contribution in [0.5, 0.6) is 0 Å². The minimum atomic E-state index is -0.527. The third kappa shape index (κ3) is 3.63. The second kappa shape index (κ2) is 7.13. The van der Waals surface area contributed by atoms with Crippen LogP contribution in [0.25, 0.3) is 0 Å². The molecule has 1 atom stereocenters. The summed E-state index contributed by atoms with van der Waals surface area (Å²) in [6, 6.07) is 2.52. The van der Waals surface area contributed by atoms with E-state index in [-0.39, 0.29) is 23.0 Å². The van der Waals surface area contributed by atoms with E-state index in [9.17, 15) is 4.39 Å². The monoisotopic (exact) mass is 283 g/mol. The van der Waals surface area contributed by atoms with Crippen molar-refractivity contribution < 1.29 is 4.39 Å². The second-order valence-corrected chi connectivity index (χ2v) is 4.04. The van der Waals surface area contributed by atoms with Crippen molar-refractivity contribution in [3.05, 3.63) is 46.2 Å². The Hall–Kier alpha value is -0.280. The molecule has 0 aromatic heterocycles. The summed E-state index contributed by atoms with van der Waals surface area (Å²) < 4.78 is 13.6. The van der Waals surface area contributed by atoms with E-state index in [1.165, 1.54) is 6.07 Å². The minimum absolute atomic E-state index is 0. The number of rotatable bonds is 4. The van der Waals surface area contributed by atoms with Crippen molar-refractivity contribution in [1.82, 2.24) is 0 Å². The molecule has 0 spiro atoms. The highest BCUT2D eigenvalue weighted by atomic mass is 35.5. The lowest BCUT2D eigenvalue weighted by molar-refractivity contribution is 0.567. The largest absolute Gasteiger partial charge is 0.324 e. The first-order chi connectivity index (χ1) is 7.07. The predicted molar refractivity (Wildman–Crippen MR) is 70.0 cm³/mol. The maximum absolute atomic E-state index is 13.6. The van der Waals surface area contributed by atoms with Gasteiger partial charge in [0, 0.05) is 16.6 Å². The Bertz CT molecular complexity index is 368. The Labute approximate surface area is 111 Å². The number of hydrogen-bond donors (Lipinski definition) is 1. The van der Waals surface area contributed by atoms with Gasteiger partial charge in [-0.2, -0.15) is 0 Å². The van der Waals surface area contributed by atoms with Gasteiger partial charge in [0.1, 0.15) is 5.82 Å². The van der Waals surface area contributed by atoms with E-state index >= 15 is 0 Å². The summed E-state index contributed by atoms with van der Waals surface area (Å²) in [6.07, 6.45) is 3.04. The second-order valence-electron chi connectivity index (χ2n) is 3.23. The molecule has 0 radical (unpaired) electrons. The zero-order valence-electron chi connectivity index (χ0n) is 8.55. The van der Waals surface area contributed by atoms with E-state index in [4.69, 9.17) is 28.9 Å². The van der Waals surface area contributed by atoms with Crippen molar-refractivity contribution in [2.75, 3.05) is 0 Å². The number of nitrogens with two attached hydrogens (primary N) is 1. The highest BCUT2D eigenvalue weighted by Gasteiger charge is 2.17. The van der Waals surface area contributed by atoms with Gasteiger partial charge in [0.25, 0.3) is 0 Å². The number of benzene rings is 1. The molecule has 0 fully saturated rings. The quantitative estimate of drug-likeness (QED) is 0.638. The van der Waals surface area contributed by atoms with Crippen LogP contribution in [0, 0.1) is 5.82 Å². The molecule has 0 bridgehead atoms. The minimum Gasteiger partial charge on any atom is -0.324 e. The summed E-state index contributed by atoms with van der Waals surface area (Å²) in [5.74, 6) is -0.527. The van der Waals surface area contributed by atoms with Crippen LogP contribution in [0.2, 0.25) is 10.0 Å². The van der Waals surface area contributed by atoms with E-state index < -0.39 is 11.9 Å². The molecule has 0 aliphatic rings. The van der Waals surface area contributed by atoms with Crippen molar-refractivity contribution in [3.8, 4) is 0 Å². The van der Waals surface area contributed by atoms with Crippen LogP contribution < -0.4 is 5.73 Å². The van der Waals surface area contributed by atoms with Gasteiger partial charge in [0.05, 0.1) is 5.02 Å². The van der Waals surface area contributed by atoms with E-state index in [1.54, 1.807) is 12.1 Å². The normalized spacial score (nSPS) is 11.8. The topological polar surface area (TPSA) is 26.0 Å². The first-order valence-corrected chi connectivity index (χ1v) is 5.33. The van der Waals surface area contributed by atoms with Gasteiger partial charge < -0.3 is 5.73 Å². The molecule has 0 aliphatic heterocycles. The van der Waals surface area contributed by atoms with Crippen LogP contribution in [0.3, 0.4) is 0 Å². The Morgan fingerprint density at radius 3 is 2.50 bits per heavy atom. The van der Waals surface area contributed by atoms with Gasteiger partial charge in [-0.15, -0.1) is 19.0 Å². The van der Waals surface area contributed by atoms with Gasteiger partial charge in [-0.05, 0) is 25.0 Å². The Balaban J connectivity index is 0.00000225. The lowest BCUT2D eigenvalue weighted by Gasteiger charge is -2.14. The summed E-state index contributed by atoms with van der Waals surface area (Å²) in [7, 11) is 0. The SMILES string of the molecule is C=CCC[C@H](N)c1c(Cl)ccc(Cl)c1F.Cl. The van der Waals surface area contributed by atoms with E-state index in [0.717, 1.165) is 0 Å². The summed E-state index contributed by atoms with van der Waals surface area (Å²) in [4.78, 5) is 0. The molecule has 1 nitrogen and oxygen atoms in total. The molecule has 1 aromatic carbocycles.